The average molecular weight is 464 g/mol. The molecule has 1 fully saturated rings. The number of ether oxygens (including phenoxy) is 1. The first kappa shape index (κ1) is 23.8. The summed E-state index contributed by atoms with van der Waals surface area (Å²) in [5.41, 5.74) is 2.85. The van der Waals surface area contributed by atoms with Crippen LogP contribution in [0.5, 0.6) is 5.75 Å². The minimum absolute atomic E-state index is 0.0245. The Hall–Kier alpha value is -3.35. The van der Waals surface area contributed by atoms with Crippen LogP contribution in [0.4, 0.5) is 5.69 Å². The summed E-state index contributed by atoms with van der Waals surface area (Å²) in [5, 5.41) is 3.03. The molecule has 2 atom stereocenters. The van der Waals surface area contributed by atoms with Crippen molar-refractivity contribution < 1.29 is 19.1 Å². The molecular formula is C27H33N3O4. The molecule has 180 valence electrons. The van der Waals surface area contributed by atoms with Crippen LogP contribution >= 0.6 is 0 Å². The lowest BCUT2D eigenvalue weighted by Crippen LogP contribution is -2.53. The molecule has 2 unspecified atom stereocenters. The Morgan fingerprint density at radius 3 is 2.47 bits per heavy atom. The fourth-order valence-electron chi connectivity index (χ4n) is 4.59. The van der Waals surface area contributed by atoms with E-state index >= 15 is 0 Å². The van der Waals surface area contributed by atoms with Gasteiger partial charge >= 0.3 is 0 Å². The largest absolute Gasteiger partial charge is 0.477 e. The van der Waals surface area contributed by atoms with Gasteiger partial charge in [-0.3, -0.25) is 14.4 Å². The molecule has 2 aliphatic rings. The normalized spacial score (nSPS) is 19.7. The van der Waals surface area contributed by atoms with Crippen LogP contribution in [-0.2, 0) is 20.9 Å². The Kier molecular flexibility index (Phi) is 7.20. The van der Waals surface area contributed by atoms with Crippen LogP contribution in [0.15, 0.2) is 48.5 Å². The number of nitrogens with one attached hydrogen (secondary N) is 1. The van der Waals surface area contributed by atoms with Gasteiger partial charge in [0.1, 0.15) is 5.75 Å². The van der Waals surface area contributed by atoms with E-state index in [4.69, 9.17) is 4.74 Å². The topological polar surface area (TPSA) is 79.0 Å². The lowest BCUT2D eigenvalue weighted by Gasteiger charge is -2.35. The number of aryl methyl sites for hydroxylation is 1. The third kappa shape index (κ3) is 5.08. The Morgan fingerprint density at radius 2 is 1.76 bits per heavy atom. The zero-order chi connectivity index (χ0) is 24.2. The standard InChI is InChI=1S/C27H33N3O4/c1-4-21(5-2)28-26(32)24-17-30(22-8-6-7-9-23(22)34-24)27(33)20-14-25(31)29(16-20)15-19-12-10-18(3)11-13-19/h6-13,20-21,24H,4-5,14-17H2,1-3H3,(H,28,32). The summed E-state index contributed by atoms with van der Waals surface area (Å²) in [4.78, 5) is 42.6. The van der Waals surface area contributed by atoms with Gasteiger partial charge in [-0.25, -0.2) is 0 Å². The minimum atomic E-state index is -0.791. The van der Waals surface area contributed by atoms with Gasteiger partial charge in [0, 0.05) is 25.6 Å². The van der Waals surface area contributed by atoms with Gasteiger partial charge in [-0.05, 0) is 37.5 Å². The summed E-state index contributed by atoms with van der Waals surface area (Å²) in [6.07, 6.45) is 1.04. The predicted molar refractivity (Wildman–Crippen MR) is 130 cm³/mol. The molecule has 1 saturated heterocycles. The first-order valence-electron chi connectivity index (χ1n) is 12.1. The zero-order valence-electron chi connectivity index (χ0n) is 20.1. The Balaban J connectivity index is 1.49. The Bertz CT molecular complexity index is 1050. The van der Waals surface area contributed by atoms with Gasteiger partial charge < -0.3 is 19.9 Å². The molecule has 1 N–H and O–H groups in total. The molecule has 0 saturated carbocycles. The smallest absolute Gasteiger partial charge is 0.263 e. The summed E-state index contributed by atoms with van der Waals surface area (Å²) in [7, 11) is 0. The van der Waals surface area contributed by atoms with Crippen LogP contribution in [0.25, 0.3) is 0 Å². The van der Waals surface area contributed by atoms with Crippen molar-refractivity contribution in [2.24, 2.45) is 5.92 Å². The third-order valence-electron chi connectivity index (χ3n) is 6.72. The Morgan fingerprint density at radius 1 is 1.06 bits per heavy atom. The number of carbonyl (C=O) groups excluding carboxylic acids is 3. The summed E-state index contributed by atoms with van der Waals surface area (Å²) in [5.74, 6) is -0.330. The SMILES string of the molecule is CCC(CC)NC(=O)C1CN(C(=O)C2CC(=O)N(Cc3ccc(C)cc3)C2)c2ccccc2O1. The number of amides is 3. The molecule has 7 heteroatoms. The molecule has 2 aromatic carbocycles. The van der Waals surface area contributed by atoms with Crippen molar-refractivity contribution in [2.75, 3.05) is 18.0 Å². The molecule has 0 aromatic heterocycles. The van der Waals surface area contributed by atoms with Gasteiger partial charge in [0.2, 0.25) is 11.8 Å². The van der Waals surface area contributed by atoms with Crippen molar-refractivity contribution >= 4 is 23.4 Å². The van der Waals surface area contributed by atoms with Crippen LogP contribution in [0, 0.1) is 12.8 Å². The lowest BCUT2D eigenvalue weighted by molar-refractivity contribution is -0.130. The number of fused-ring (bicyclic) bond motifs is 1. The quantitative estimate of drug-likeness (QED) is 0.682. The fraction of sp³-hybridized carbons (Fsp3) is 0.444. The molecule has 4 rings (SSSR count). The molecule has 0 bridgehead atoms. The van der Waals surface area contributed by atoms with Gasteiger partial charge in [0.05, 0.1) is 18.2 Å². The van der Waals surface area contributed by atoms with Gasteiger partial charge in [0.25, 0.3) is 5.91 Å². The number of nitrogens with zero attached hydrogens (tertiary/aromatic N) is 2. The molecule has 0 spiro atoms. The van der Waals surface area contributed by atoms with Crippen LogP contribution in [0.2, 0.25) is 0 Å². The molecule has 2 heterocycles. The van der Waals surface area contributed by atoms with Crippen LogP contribution < -0.4 is 15.0 Å². The number of anilines is 1. The van der Waals surface area contributed by atoms with Crippen LogP contribution in [0.1, 0.15) is 44.2 Å². The summed E-state index contributed by atoms with van der Waals surface area (Å²) in [6.45, 7) is 7.07. The number of hydrogen-bond donors (Lipinski definition) is 1. The molecule has 0 aliphatic carbocycles. The van der Waals surface area contributed by atoms with Crippen molar-refractivity contribution in [3.63, 3.8) is 0 Å². The van der Waals surface area contributed by atoms with E-state index in [1.165, 1.54) is 5.56 Å². The van der Waals surface area contributed by atoms with Gasteiger partial charge in [0.15, 0.2) is 6.10 Å². The zero-order valence-corrected chi connectivity index (χ0v) is 20.1. The molecule has 2 aromatic rings. The first-order valence-corrected chi connectivity index (χ1v) is 12.1. The molecule has 7 nitrogen and oxygen atoms in total. The van der Waals surface area contributed by atoms with Crippen LogP contribution in [-0.4, -0.2) is 47.9 Å². The second kappa shape index (κ2) is 10.3. The van der Waals surface area contributed by atoms with Gasteiger partial charge in [-0.1, -0.05) is 55.8 Å². The van der Waals surface area contributed by atoms with Gasteiger partial charge in [-0.2, -0.15) is 0 Å². The van der Waals surface area contributed by atoms with E-state index in [1.807, 2.05) is 63.2 Å². The predicted octanol–water partition coefficient (Wildman–Crippen LogP) is 3.44. The number of carbonyl (C=O) groups is 3. The maximum atomic E-state index is 13.6. The molecule has 34 heavy (non-hydrogen) atoms. The van der Waals surface area contributed by atoms with Crippen molar-refractivity contribution in [2.45, 2.75) is 58.7 Å². The molecule has 3 amide bonds. The summed E-state index contributed by atoms with van der Waals surface area (Å²) >= 11 is 0. The monoisotopic (exact) mass is 463 g/mol. The van der Waals surface area contributed by atoms with E-state index in [1.54, 1.807) is 15.9 Å². The number of benzene rings is 2. The van der Waals surface area contributed by atoms with E-state index in [9.17, 15) is 14.4 Å². The Labute approximate surface area is 201 Å². The third-order valence-corrected chi connectivity index (χ3v) is 6.72. The minimum Gasteiger partial charge on any atom is -0.477 e. The average Bonchev–Trinajstić information content (AvgIpc) is 3.22. The number of likely N-dealkylation sites (tertiary alicyclic amines) is 1. The first-order chi connectivity index (χ1) is 16.4. The van der Waals surface area contributed by atoms with Crippen LogP contribution in [0.3, 0.4) is 0 Å². The highest BCUT2D eigenvalue weighted by molar-refractivity contribution is 6.01. The maximum Gasteiger partial charge on any atom is 0.263 e. The van der Waals surface area contributed by atoms with E-state index in [0.717, 1.165) is 18.4 Å². The fourth-order valence-corrected chi connectivity index (χ4v) is 4.59. The molecule has 0 radical (unpaired) electrons. The number of rotatable bonds is 7. The highest BCUT2D eigenvalue weighted by Crippen LogP contribution is 2.35. The maximum absolute atomic E-state index is 13.6. The highest BCUT2D eigenvalue weighted by Gasteiger charge is 2.41. The lowest BCUT2D eigenvalue weighted by atomic mass is 10.0. The number of hydrogen-bond acceptors (Lipinski definition) is 4. The van der Waals surface area contributed by atoms with Gasteiger partial charge in [-0.15, -0.1) is 0 Å². The van der Waals surface area contributed by atoms with E-state index in [-0.39, 0.29) is 36.7 Å². The van der Waals surface area contributed by atoms with Crippen molar-refractivity contribution in [3.8, 4) is 5.75 Å². The van der Waals surface area contributed by atoms with E-state index in [2.05, 4.69) is 5.32 Å². The van der Waals surface area contributed by atoms with Crippen molar-refractivity contribution in [1.82, 2.24) is 10.2 Å². The number of para-hydroxylation sites is 2. The summed E-state index contributed by atoms with van der Waals surface area (Å²) in [6, 6.07) is 15.4. The van der Waals surface area contributed by atoms with Crippen molar-refractivity contribution in [1.29, 1.82) is 0 Å². The van der Waals surface area contributed by atoms with E-state index < -0.39 is 12.0 Å². The summed E-state index contributed by atoms with van der Waals surface area (Å²) < 4.78 is 5.97. The molecule has 2 aliphatic heterocycles. The second-order valence-corrected chi connectivity index (χ2v) is 9.21. The second-order valence-electron chi connectivity index (χ2n) is 9.21. The van der Waals surface area contributed by atoms with Crippen molar-refractivity contribution in [3.05, 3.63) is 59.7 Å². The van der Waals surface area contributed by atoms with E-state index in [0.29, 0.717) is 24.5 Å². The highest BCUT2D eigenvalue weighted by atomic mass is 16.5. The molecular weight excluding hydrogens is 430 g/mol.